The third-order valence-electron chi connectivity index (χ3n) is 5.32. The molecule has 1 unspecified atom stereocenters. The van der Waals surface area contributed by atoms with E-state index in [9.17, 15) is 9.18 Å². The lowest BCUT2D eigenvalue weighted by atomic mass is 10.0. The van der Waals surface area contributed by atoms with Gasteiger partial charge in [-0.3, -0.25) is 4.79 Å². The lowest BCUT2D eigenvalue weighted by molar-refractivity contribution is -0.121. The number of carbonyl (C=O) groups excluding carboxylic acids is 1. The molecule has 3 rings (SSSR count). The molecule has 1 amide bonds. The van der Waals surface area contributed by atoms with Crippen molar-refractivity contribution in [2.24, 2.45) is 0 Å². The molecule has 30 heavy (non-hydrogen) atoms. The zero-order valence-corrected chi connectivity index (χ0v) is 18.0. The highest BCUT2D eigenvalue weighted by atomic mass is 19.1. The van der Waals surface area contributed by atoms with Gasteiger partial charge in [0.25, 0.3) is 0 Å². The number of carbonyl (C=O) groups is 1. The summed E-state index contributed by atoms with van der Waals surface area (Å²) in [5.74, 6) is 1.19. The highest BCUT2D eigenvalue weighted by Gasteiger charge is 2.24. The van der Waals surface area contributed by atoms with E-state index in [4.69, 9.17) is 14.2 Å². The van der Waals surface area contributed by atoms with Crippen LogP contribution in [0.1, 0.15) is 24.0 Å². The van der Waals surface area contributed by atoms with Crippen molar-refractivity contribution in [3.05, 3.63) is 47.3 Å². The Hall–Kier alpha value is -2.96. The Morgan fingerprint density at radius 3 is 2.47 bits per heavy atom. The smallest absolute Gasteiger partial charge is 0.224 e. The number of halogens is 1. The zero-order valence-electron chi connectivity index (χ0n) is 18.0. The molecular weight excluding hydrogens is 387 g/mol. The second-order valence-electron chi connectivity index (χ2n) is 7.52. The van der Waals surface area contributed by atoms with Gasteiger partial charge in [0, 0.05) is 19.1 Å². The molecule has 2 aromatic rings. The van der Waals surface area contributed by atoms with Crippen LogP contribution in [0.25, 0.3) is 0 Å². The minimum absolute atomic E-state index is 0.0341. The molecule has 0 aromatic heterocycles. The van der Waals surface area contributed by atoms with E-state index in [-0.39, 0.29) is 24.2 Å². The minimum Gasteiger partial charge on any atom is -0.493 e. The van der Waals surface area contributed by atoms with Crippen LogP contribution in [0.15, 0.2) is 30.3 Å². The molecule has 162 valence electrons. The Labute approximate surface area is 176 Å². The summed E-state index contributed by atoms with van der Waals surface area (Å²) in [4.78, 5) is 14.7. The number of aryl methyl sites for hydroxylation is 1. The van der Waals surface area contributed by atoms with Crippen molar-refractivity contribution in [2.45, 2.75) is 32.2 Å². The molecule has 0 saturated carbocycles. The number of piperidine rings is 1. The van der Waals surface area contributed by atoms with E-state index in [1.165, 1.54) is 6.07 Å². The van der Waals surface area contributed by atoms with Crippen molar-refractivity contribution >= 4 is 11.6 Å². The van der Waals surface area contributed by atoms with Crippen molar-refractivity contribution in [1.29, 1.82) is 0 Å². The fraction of sp³-hybridized carbons (Fsp3) is 0.435. The lowest BCUT2D eigenvalue weighted by Crippen LogP contribution is -2.48. The predicted octanol–water partition coefficient (Wildman–Crippen LogP) is 3.49. The number of hydrogen-bond acceptors (Lipinski definition) is 5. The first-order valence-electron chi connectivity index (χ1n) is 10.0. The molecule has 0 aliphatic carbocycles. The first-order valence-corrected chi connectivity index (χ1v) is 10.0. The van der Waals surface area contributed by atoms with Gasteiger partial charge in [0.2, 0.25) is 11.7 Å². The molecule has 1 N–H and O–H groups in total. The van der Waals surface area contributed by atoms with Gasteiger partial charge in [-0.05, 0) is 55.2 Å². The first kappa shape index (κ1) is 21.7. The monoisotopic (exact) mass is 416 g/mol. The fourth-order valence-corrected chi connectivity index (χ4v) is 3.88. The number of nitrogens with zero attached hydrogens (tertiary/aromatic N) is 1. The van der Waals surface area contributed by atoms with Gasteiger partial charge in [-0.25, -0.2) is 4.39 Å². The summed E-state index contributed by atoms with van der Waals surface area (Å²) in [5, 5.41) is 3.09. The minimum atomic E-state index is -0.231. The van der Waals surface area contributed by atoms with E-state index in [1.54, 1.807) is 39.5 Å². The maximum absolute atomic E-state index is 14.3. The van der Waals surface area contributed by atoms with E-state index in [0.29, 0.717) is 29.5 Å². The van der Waals surface area contributed by atoms with Crippen LogP contribution in [0.3, 0.4) is 0 Å². The van der Waals surface area contributed by atoms with Crippen LogP contribution in [-0.2, 0) is 11.2 Å². The average Bonchev–Trinajstić information content (AvgIpc) is 2.74. The Morgan fingerprint density at radius 1 is 1.13 bits per heavy atom. The van der Waals surface area contributed by atoms with E-state index in [0.717, 1.165) is 30.5 Å². The molecule has 1 heterocycles. The van der Waals surface area contributed by atoms with Crippen LogP contribution in [0.2, 0.25) is 0 Å². The van der Waals surface area contributed by atoms with Gasteiger partial charge in [-0.15, -0.1) is 0 Å². The lowest BCUT2D eigenvalue weighted by Gasteiger charge is -2.35. The third kappa shape index (κ3) is 4.96. The molecule has 0 bridgehead atoms. The highest BCUT2D eigenvalue weighted by molar-refractivity contribution is 5.79. The van der Waals surface area contributed by atoms with E-state index < -0.39 is 0 Å². The summed E-state index contributed by atoms with van der Waals surface area (Å²) < 4.78 is 30.3. The van der Waals surface area contributed by atoms with Gasteiger partial charge < -0.3 is 24.4 Å². The average molecular weight is 416 g/mol. The van der Waals surface area contributed by atoms with Crippen LogP contribution < -0.4 is 24.4 Å². The van der Waals surface area contributed by atoms with Crippen molar-refractivity contribution in [3.8, 4) is 17.2 Å². The standard InChI is InChI=1S/C23H29FN2O4/c1-15-7-8-18(24)19(10-15)26-9-5-6-17(14-26)25-22(27)13-16-11-20(28-2)23(30-4)21(12-16)29-3/h7-8,10-12,17H,5-6,9,13-14H2,1-4H3,(H,25,27). The van der Waals surface area contributed by atoms with Gasteiger partial charge in [0.15, 0.2) is 11.5 Å². The Balaban J connectivity index is 1.67. The normalized spacial score (nSPS) is 16.2. The number of ether oxygens (including phenoxy) is 3. The summed E-state index contributed by atoms with van der Waals surface area (Å²) >= 11 is 0. The van der Waals surface area contributed by atoms with Gasteiger partial charge in [-0.2, -0.15) is 0 Å². The summed E-state index contributed by atoms with van der Waals surface area (Å²) in [6, 6.07) is 8.63. The van der Waals surface area contributed by atoms with Crippen molar-refractivity contribution in [3.63, 3.8) is 0 Å². The maximum Gasteiger partial charge on any atom is 0.224 e. The number of benzene rings is 2. The molecule has 0 radical (unpaired) electrons. The summed E-state index contributed by atoms with van der Waals surface area (Å²) in [5.41, 5.74) is 2.37. The predicted molar refractivity (Wildman–Crippen MR) is 114 cm³/mol. The van der Waals surface area contributed by atoms with Gasteiger partial charge in [-0.1, -0.05) is 6.07 Å². The molecule has 1 fully saturated rings. The van der Waals surface area contributed by atoms with Crippen molar-refractivity contribution in [2.75, 3.05) is 39.3 Å². The van der Waals surface area contributed by atoms with Crippen LogP contribution >= 0.6 is 0 Å². The van der Waals surface area contributed by atoms with Crippen LogP contribution in [0, 0.1) is 12.7 Å². The number of hydrogen-bond donors (Lipinski definition) is 1. The largest absolute Gasteiger partial charge is 0.493 e. The SMILES string of the molecule is COc1cc(CC(=O)NC2CCCN(c3cc(C)ccc3F)C2)cc(OC)c1OC. The zero-order chi connectivity index (χ0) is 21.7. The Kier molecular flexibility index (Phi) is 7.03. The molecule has 1 aliphatic rings. The molecule has 1 aliphatic heterocycles. The summed E-state index contributed by atoms with van der Waals surface area (Å²) in [6.45, 7) is 3.31. The van der Waals surface area contributed by atoms with Crippen molar-refractivity contribution in [1.82, 2.24) is 5.32 Å². The second kappa shape index (κ2) is 9.69. The maximum atomic E-state index is 14.3. The van der Waals surface area contributed by atoms with Crippen LogP contribution in [-0.4, -0.2) is 46.4 Å². The van der Waals surface area contributed by atoms with Crippen LogP contribution in [0.5, 0.6) is 17.2 Å². The number of methoxy groups -OCH3 is 3. The second-order valence-corrected chi connectivity index (χ2v) is 7.52. The Bertz CT molecular complexity index is 878. The first-order chi connectivity index (χ1) is 14.4. The number of amides is 1. The summed E-state index contributed by atoms with van der Waals surface area (Å²) in [7, 11) is 4.63. The van der Waals surface area contributed by atoms with Crippen LogP contribution in [0.4, 0.5) is 10.1 Å². The molecule has 0 spiro atoms. The Morgan fingerprint density at radius 2 is 1.83 bits per heavy atom. The number of rotatable bonds is 7. The van der Waals surface area contributed by atoms with E-state index >= 15 is 0 Å². The summed E-state index contributed by atoms with van der Waals surface area (Å²) in [6.07, 6.45) is 1.94. The molecular formula is C23H29FN2O4. The molecule has 7 heteroatoms. The molecule has 1 atom stereocenters. The number of nitrogens with one attached hydrogen (secondary N) is 1. The molecule has 1 saturated heterocycles. The third-order valence-corrected chi connectivity index (χ3v) is 5.32. The topological polar surface area (TPSA) is 60.0 Å². The van der Waals surface area contributed by atoms with Gasteiger partial charge in [0.05, 0.1) is 33.4 Å². The van der Waals surface area contributed by atoms with Gasteiger partial charge >= 0.3 is 0 Å². The quantitative estimate of drug-likeness (QED) is 0.749. The van der Waals surface area contributed by atoms with Crippen molar-refractivity contribution < 1.29 is 23.4 Å². The number of anilines is 1. The molecule has 2 aromatic carbocycles. The van der Waals surface area contributed by atoms with E-state index in [2.05, 4.69) is 5.32 Å². The molecule has 6 nitrogen and oxygen atoms in total. The van der Waals surface area contributed by atoms with Gasteiger partial charge in [0.1, 0.15) is 5.82 Å². The van der Waals surface area contributed by atoms with E-state index in [1.807, 2.05) is 17.9 Å². The highest BCUT2D eigenvalue weighted by Crippen LogP contribution is 2.38. The fourth-order valence-electron chi connectivity index (χ4n) is 3.88.